The maximum atomic E-state index is 13.1. The molecule has 0 saturated carbocycles. The Balaban J connectivity index is 2.04. The molecule has 0 spiro atoms. The minimum atomic E-state index is -0.682. The number of rotatable bonds is 5. The van der Waals surface area contributed by atoms with Crippen LogP contribution < -0.4 is 0 Å². The first kappa shape index (κ1) is 19.8. The predicted octanol–water partition coefficient (Wildman–Crippen LogP) is 3.69. The Bertz CT molecular complexity index is 1270. The number of aryl methyl sites for hydroxylation is 2. The van der Waals surface area contributed by atoms with Gasteiger partial charge in [-0.25, -0.2) is 0 Å². The quantitative estimate of drug-likeness (QED) is 0.476. The number of nitrogens with zero attached hydrogens (tertiary/aromatic N) is 2. The maximum absolute atomic E-state index is 13.1. The Kier molecular flexibility index (Phi) is 5.08. The molecule has 6 nitrogen and oxygen atoms in total. The topological polar surface area (TPSA) is 62.5 Å². The van der Waals surface area contributed by atoms with Crippen molar-refractivity contribution in [1.82, 2.24) is 9.13 Å². The van der Waals surface area contributed by atoms with E-state index in [-0.39, 0.29) is 18.4 Å². The van der Waals surface area contributed by atoms with Gasteiger partial charge in [0, 0.05) is 47.5 Å². The van der Waals surface area contributed by atoms with Crippen molar-refractivity contribution in [3.8, 4) is 0 Å². The van der Waals surface area contributed by atoms with E-state index in [0.29, 0.717) is 0 Å². The fraction of sp³-hybridized carbons (Fsp3) is 0.250. The number of carbonyl (C=O) groups is 2. The number of ether oxygens (including phenoxy) is 2. The summed E-state index contributed by atoms with van der Waals surface area (Å²) in [5.74, 6) is -1.41. The van der Waals surface area contributed by atoms with Crippen molar-refractivity contribution in [1.29, 1.82) is 0 Å². The van der Waals surface area contributed by atoms with E-state index < -0.39 is 5.92 Å². The number of carbonyl (C=O) groups excluding carboxylic acids is 2. The van der Waals surface area contributed by atoms with Crippen LogP contribution in [-0.2, 0) is 39.6 Å². The third-order valence-electron chi connectivity index (χ3n) is 5.82. The molecule has 4 rings (SSSR count). The van der Waals surface area contributed by atoms with Crippen molar-refractivity contribution < 1.29 is 19.1 Å². The van der Waals surface area contributed by atoms with E-state index in [2.05, 4.69) is 0 Å². The van der Waals surface area contributed by atoms with Gasteiger partial charge in [0.2, 0.25) is 0 Å². The molecule has 0 aliphatic rings. The molecule has 2 aromatic heterocycles. The molecule has 0 saturated heterocycles. The molecule has 1 unspecified atom stereocenters. The monoisotopic (exact) mass is 404 g/mol. The zero-order valence-electron chi connectivity index (χ0n) is 17.5. The molecule has 0 fully saturated rings. The molecule has 30 heavy (non-hydrogen) atoms. The van der Waals surface area contributed by atoms with Gasteiger partial charge in [0.05, 0.1) is 20.6 Å². The molecule has 0 bridgehead atoms. The minimum absolute atomic E-state index is 0.0639. The largest absolute Gasteiger partial charge is 0.469 e. The van der Waals surface area contributed by atoms with Gasteiger partial charge in [-0.15, -0.1) is 0 Å². The van der Waals surface area contributed by atoms with Crippen LogP contribution in [0.2, 0.25) is 0 Å². The molecule has 0 radical (unpaired) electrons. The molecule has 6 heteroatoms. The summed E-state index contributed by atoms with van der Waals surface area (Å²) in [4.78, 5) is 25.4. The zero-order chi connectivity index (χ0) is 21.4. The lowest BCUT2D eigenvalue weighted by Gasteiger charge is -2.18. The second-order valence-corrected chi connectivity index (χ2v) is 7.33. The maximum Gasteiger partial charge on any atom is 0.319 e. The fourth-order valence-electron chi connectivity index (χ4n) is 4.31. The molecular formula is C24H24N2O4. The first-order chi connectivity index (χ1) is 14.5. The normalized spacial score (nSPS) is 12.3. The summed E-state index contributed by atoms with van der Waals surface area (Å²) in [7, 11) is 6.61. The van der Waals surface area contributed by atoms with Gasteiger partial charge >= 0.3 is 11.9 Å². The van der Waals surface area contributed by atoms with E-state index in [1.165, 1.54) is 14.2 Å². The zero-order valence-corrected chi connectivity index (χ0v) is 17.5. The molecule has 2 aromatic carbocycles. The van der Waals surface area contributed by atoms with Gasteiger partial charge in [0.1, 0.15) is 5.92 Å². The Hall–Kier alpha value is -3.54. The highest BCUT2D eigenvalue weighted by atomic mass is 16.5. The van der Waals surface area contributed by atoms with Crippen LogP contribution in [0.15, 0.2) is 54.6 Å². The molecule has 154 valence electrons. The van der Waals surface area contributed by atoms with E-state index in [1.54, 1.807) is 0 Å². The highest BCUT2D eigenvalue weighted by molar-refractivity contribution is 5.96. The molecular weight excluding hydrogens is 380 g/mol. The van der Waals surface area contributed by atoms with Crippen LogP contribution in [0.1, 0.15) is 22.9 Å². The predicted molar refractivity (Wildman–Crippen MR) is 115 cm³/mol. The smallest absolute Gasteiger partial charge is 0.319 e. The minimum Gasteiger partial charge on any atom is -0.469 e. The van der Waals surface area contributed by atoms with Crippen LogP contribution in [-0.4, -0.2) is 35.3 Å². The molecule has 4 aromatic rings. The molecule has 0 aliphatic heterocycles. The van der Waals surface area contributed by atoms with Crippen molar-refractivity contribution in [3.63, 3.8) is 0 Å². The average Bonchev–Trinajstić information content (AvgIpc) is 3.24. The highest BCUT2D eigenvalue weighted by Crippen LogP contribution is 2.38. The second-order valence-electron chi connectivity index (χ2n) is 7.33. The van der Waals surface area contributed by atoms with Gasteiger partial charge in [-0.3, -0.25) is 9.59 Å². The Morgan fingerprint density at radius 1 is 0.900 bits per heavy atom. The first-order valence-corrected chi connectivity index (χ1v) is 9.73. The fourth-order valence-corrected chi connectivity index (χ4v) is 4.31. The summed E-state index contributed by atoms with van der Waals surface area (Å²) in [6.07, 6.45) is 0.0639. The third-order valence-corrected chi connectivity index (χ3v) is 5.82. The third kappa shape index (κ3) is 3.05. The van der Waals surface area contributed by atoms with Crippen LogP contribution in [0.5, 0.6) is 0 Å². The van der Waals surface area contributed by atoms with Gasteiger partial charge in [-0.1, -0.05) is 36.4 Å². The van der Waals surface area contributed by atoms with E-state index in [4.69, 9.17) is 9.47 Å². The van der Waals surface area contributed by atoms with Crippen molar-refractivity contribution in [3.05, 3.63) is 71.5 Å². The number of fused-ring (bicyclic) bond motifs is 2. The lowest BCUT2D eigenvalue weighted by Crippen LogP contribution is -2.21. The van der Waals surface area contributed by atoms with E-state index in [0.717, 1.165) is 38.8 Å². The number of benzene rings is 2. The molecule has 0 amide bonds. The number of esters is 2. The molecule has 0 aliphatic carbocycles. The lowest BCUT2D eigenvalue weighted by molar-refractivity contribution is -0.142. The van der Waals surface area contributed by atoms with Crippen molar-refractivity contribution in [2.45, 2.75) is 12.3 Å². The Morgan fingerprint density at radius 2 is 1.57 bits per heavy atom. The summed E-state index contributed by atoms with van der Waals surface area (Å²) >= 11 is 0. The van der Waals surface area contributed by atoms with Crippen molar-refractivity contribution in [2.24, 2.45) is 14.1 Å². The van der Waals surface area contributed by atoms with Crippen LogP contribution in [0.3, 0.4) is 0 Å². The average molecular weight is 404 g/mol. The van der Waals surface area contributed by atoms with Crippen LogP contribution in [0, 0.1) is 0 Å². The molecule has 0 N–H and O–H groups in total. The number of methoxy groups -OCH3 is 2. The Morgan fingerprint density at radius 3 is 2.23 bits per heavy atom. The number of para-hydroxylation sites is 2. The molecule has 2 heterocycles. The van der Waals surface area contributed by atoms with Gasteiger partial charge in [-0.05, 0) is 23.6 Å². The van der Waals surface area contributed by atoms with Crippen molar-refractivity contribution in [2.75, 3.05) is 14.2 Å². The lowest BCUT2D eigenvalue weighted by atomic mass is 9.91. The van der Waals surface area contributed by atoms with E-state index in [1.807, 2.05) is 77.8 Å². The first-order valence-electron chi connectivity index (χ1n) is 9.73. The van der Waals surface area contributed by atoms with Gasteiger partial charge in [-0.2, -0.15) is 0 Å². The van der Waals surface area contributed by atoms with Gasteiger partial charge in [0.25, 0.3) is 0 Å². The van der Waals surface area contributed by atoms with E-state index >= 15 is 0 Å². The van der Waals surface area contributed by atoms with Gasteiger partial charge in [0.15, 0.2) is 0 Å². The van der Waals surface area contributed by atoms with Crippen LogP contribution in [0.4, 0.5) is 0 Å². The number of hydrogen-bond acceptors (Lipinski definition) is 4. The summed E-state index contributed by atoms with van der Waals surface area (Å²) in [6.45, 7) is 0. The Labute approximate surface area is 174 Å². The van der Waals surface area contributed by atoms with E-state index in [9.17, 15) is 9.59 Å². The number of hydrogen-bond donors (Lipinski definition) is 0. The van der Waals surface area contributed by atoms with Crippen molar-refractivity contribution >= 4 is 33.7 Å². The second kappa shape index (κ2) is 7.71. The van der Waals surface area contributed by atoms with Gasteiger partial charge < -0.3 is 18.6 Å². The summed E-state index contributed by atoms with van der Waals surface area (Å²) in [5.41, 5.74) is 4.29. The number of aromatic nitrogens is 2. The summed E-state index contributed by atoms with van der Waals surface area (Å²) in [6, 6.07) is 17.8. The summed E-state index contributed by atoms with van der Waals surface area (Å²) in [5, 5.41) is 1.96. The SMILES string of the molecule is COC(=O)Cc1c(C(C(=O)OC)c2cc3ccccc3n2C)c2ccccc2n1C. The molecule has 1 atom stereocenters. The van der Waals surface area contributed by atoms with Crippen LogP contribution >= 0.6 is 0 Å². The van der Waals surface area contributed by atoms with Crippen LogP contribution in [0.25, 0.3) is 21.8 Å². The highest BCUT2D eigenvalue weighted by Gasteiger charge is 2.33. The standard InChI is InChI=1S/C24H24N2O4/c1-25-17-11-7-5-9-15(17)13-19(25)23(24(28)30-4)22-16-10-6-8-12-18(16)26(2)20(22)14-21(27)29-3/h5-13,23H,14H2,1-4H3. The summed E-state index contributed by atoms with van der Waals surface area (Å²) < 4.78 is 14.1.